The van der Waals surface area contributed by atoms with E-state index in [2.05, 4.69) is 18.8 Å². The number of nitrogens with zero attached hydrogens (tertiary/aromatic N) is 2. The molecular formula is C16H18N2O2S. The average Bonchev–Trinajstić information content (AvgIpc) is 2.95. The van der Waals surface area contributed by atoms with Gasteiger partial charge in [0.05, 0.1) is 29.4 Å². The van der Waals surface area contributed by atoms with Crippen molar-refractivity contribution in [3.63, 3.8) is 0 Å². The van der Waals surface area contributed by atoms with Gasteiger partial charge >= 0.3 is 0 Å². The summed E-state index contributed by atoms with van der Waals surface area (Å²) in [6, 6.07) is 7.66. The molecule has 0 bridgehead atoms. The molecule has 1 aliphatic heterocycles. The SMILES string of the molecule is CC(C)c1nc(CC(=O)N2CCOc3ccccc32)cs1. The van der Waals surface area contributed by atoms with Gasteiger partial charge < -0.3 is 9.64 Å². The maximum absolute atomic E-state index is 12.5. The molecule has 2 heterocycles. The number of hydrogen-bond donors (Lipinski definition) is 0. The molecule has 1 aliphatic rings. The summed E-state index contributed by atoms with van der Waals surface area (Å²) in [6.45, 7) is 5.36. The Hall–Kier alpha value is -1.88. The Morgan fingerprint density at radius 2 is 2.24 bits per heavy atom. The molecule has 110 valence electrons. The molecule has 1 aromatic heterocycles. The predicted molar refractivity (Wildman–Crippen MR) is 84.2 cm³/mol. The van der Waals surface area contributed by atoms with E-state index in [0.29, 0.717) is 25.5 Å². The number of thiazole rings is 1. The minimum Gasteiger partial charge on any atom is -0.490 e. The third-order valence-corrected chi connectivity index (χ3v) is 4.62. The van der Waals surface area contributed by atoms with Crippen molar-refractivity contribution >= 4 is 22.9 Å². The van der Waals surface area contributed by atoms with E-state index < -0.39 is 0 Å². The van der Waals surface area contributed by atoms with Gasteiger partial charge in [-0.25, -0.2) is 4.98 Å². The van der Waals surface area contributed by atoms with E-state index in [1.54, 1.807) is 16.2 Å². The van der Waals surface area contributed by atoms with E-state index in [1.807, 2.05) is 29.6 Å². The lowest BCUT2D eigenvalue weighted by Gasteiger charge is -2.29. The van der Waals surface area contributed by atoms with Crippen LogP contribution in [0.25, 0.3) is 0 Å². The van der Waals surface area contributed by atoms with Crippen molar-refractivity contribution in [1.82, 2.24) is 4.98 Å². The summed E-state index contributed by atoms with van der Waals surface area (Å²) in [6.07, 6.45) is 0.345. The highest BCUT2D eigenvalue weighted by molar-refractivity contribution is 7.09. The Bertz CT molecular complexity index is 651. The maximum Gasteiger partial charge on any atom is 0.233 e. The lowest BCUT2D eigenvalue weighted by molar-refractivity contribution is -0.118. The minimum atomic E-state index is 0.0753. The predicted octanol–water partition coefficient (Wildman–Crippen LogP) is 3.23. The van der Waals surface area contributed by atoms with Gasteiger partial charge in [-0.3, -0.25) is 4.79 Å². The second-order valence-electron chi connectivity index (χ2n) is 5.37. The fourth-order valence-electron chi connectivity index (χ4n) is 2.35. The smallest absolute Gasteiger partial charge is 0.233 e. The topological polar surface area (TPSA) is 42.4 Å². The summed E-state index contributed by atoms with van der Waals surface area (Å²) in [5, 5.41) is 3.07. The van der Waals surface area contributed by atoms with E-state index in [4.69, 9.17) is 4.74 Å². The van der Waals surface area contributed by atoms with Crippen LogP contribution in [0.3, 0.4) is 0 Å². The molecule has 5 heteroatoms. The molecule has 4 nitrogen and oxygen atoms in total. The van der Waals surface area contributed by atoms with Gasteiger partial charge in [0.2, 0.25) is 5.91 Å². The van der Waals surface area contributed by atoms with Crippen LogP contribution in [0, 0.1) is 0 Å². The normalized spacial score (nSPS) is 14.0. The van der Waals surface area contributed by atoms with Crippen LogP contribution in [-0.4, -0.2) is 24.0 Å². The molecule has 0 atom stereocenters. The summed E-state index contributed by atoms with van der Waals surface area (Å²) in [4.78, 5) is 18.9. The number of ether oxygens (including phenoxy) is 1. The molecule has 0 unspecified atom stereocenters. The molecule has 0 saturated heterocycles. The van der Waals surface area contributed by atoms with Crippen LogP contribution in [0.2, 0.25) is 0 Å². The Kier molecular flexibility index (Phi) is 3.92. The number of hydrogen-bond acceptors (Lipinski definition) is 4. The highest BCUT2D eigenvalue weighted by atomic mass is 32.1. The molecule has 0 saturated carbocycles. The third kappa shape index (κ3) is 2.93. The van der Waals surface area contributed by atoms with Crippen molar-refractivity contribution in [2.24, 2.45) is 0 Å². The van der Waals surface area contributed by atoms with Gasteiger partial charge in [0, 0.05) is 11.3 Å². The van der Waals surface area contributed by atoms with Crippen LogP contribution in [0.1, 0.15) is 30.5 Å². The molecule has 2 aromatic rings. The Labute approximate surface area is 128 Å². The second kappa shape index (κ2) is 5.85. The van der Waals surface area contributed by atoms with E-state index >= 15 is 0 Å². The standard InChI is InChI=1S/C16H18N2O2S/c1-11(2)16-17-12(10-21-16)9-15(19)18-7-8-20-14-6-4-3-5-13(14)18/h3-6,10-11H,7-9H2,1-2H3. The first-order valence-electron chi connectivity index (χ1n) is 7.11. The Morgan fingerprint density at radius 3 is 3.00 bits per heavy atom. The van der Waals surface area contributed by atoms with E-state index in [1.165, 1.54) is 0 Å². The van der Waals surface area contributed by atoms with Crippen molar-refractivity contribution in [3.8, 4) is 5.75 Å². The van der Waals surface area contributed by atoms with Gasteiger partial charge in [0.15, 0.2) is 0 Å². The molecule has 21 heavy (non-hydrogen) atoms. The van der Waals surface area contributed by atoms with Crippen LogP contribution >= 0.6 is 11.3 Å². The number of para-hydroxylation sites is 2. The van der Waals surface area contributed by atoms with E-state index in [-0.39, 0.29) is 5.91 Å². The van der Waals surface area contributed by atoms with Gasteiger partial charge in [-0.15, -0.1) is 11.3 Å². The van der Waals surface area contributed by atoms with Crippen LogP contribution in [0.5, 0.6) is 5.75 Å². The highest BCUT2D eigenvalue weighted by Gasteiger charge is 2.24. The molecule has 1 aromatic carbocycles. The summed E-state index contributed by atoms with van der Waals surface area (Å²) >= 11 is 1.63. The van der Waals surface area contributed by atoms with Crippen LogP contribution in [0.15, 0.2) is 29.6 Å². The molecule has 0 spiro atoms. The first-order chi connectivity index (χ1) is 10.1. The van der Waals surface area contributed by atoms with Gasteiger partial charge in [0.25, 0.3) is 0 Å². The number of fused-ring (bicyclic) bond motifs is 1. The van der Waals surface area contributed by atoms with Gasteiger partial charge in [-0.1, -0.05) is 26.0 Å². The van der Waals surface area contributed by atoms with E-state index in [9.17, 15) is 4.79 Å². The second-order valence-corrected chi connectivity index (χ2v) is 6.26. The van der Waals surface area contributed by atoms with Crippen molar-refractivity contribution in [3.05, 3.63) is 40.3 Å². The third-order valence-electron chi connectivity index (χ3n) is 3.43. The molecule has 0 fully saturated rings. The van der Waals surface area contributed by atoms with Crippen molar-refractivity contribution < 1.29 is 9.53 Å². The lowest BCUT2D eigenvalue weighted by atomic mass is 10.2. The molecule has 0 N–H and O–H groups in total. The molecule has 0 radical (unpaired) electrons. The minimum absolute atomic E-state index is 0.0753. The van der Waals surface area contributed by atoms with Crippen molar-refractivity contribution in [2.45, 2.75) is 26.2 Å². The zero-order chi connectivity index (χ0) is 14.8. The zero-order valence-electron chi connectivity index (χ0n) is 12.2. The van der Waals surface area contributed by atoms with E-state index in [0.717, 1.165) is 22.1 Å². The zero-order valence-corrected chi connectivity index (χ0v) is 13.0. The number of anilines is 1. The monoisotopic (exact) mass is 302 g/mol. The maximum atomic E-state index is 12.5. The molecule has 1 amide bonds. The number of carbonyl (C=O) groups is 1. The summed E-state index contributed by atoms with van der Waals surface area (Å²) in [5.41, 5.74) is 1.71. The number of aromatic nitrogens is 1. The van der Waals surface area contributed by atoms with Crippen LogP contribution in [-0.2, 0) is 11.2 Å². The first-order valence-corrected chi connectivity index (χ1v) is 7.99. The number of rotatable bonds is 3. The fourth-order valence-corrected chi connectivity index (χ4v) is 3.18. The molecule has 0 aliphatic carbocycles. The molecule has 3 rings (SSSR count). The summed E-state index contributed by atoms with van der Waals surface area (Å²) < 4.78 is 5.58. The van der Waals surface area contributed by atoms with Crippen molar-refractivity contribution in [2.75, 3.05) is 18.1 Å². The van der Waals surface area contributed by atoms with Crippen molar-refractivity contribution in [1.29, 1.82) is 0 Å². The Balaban J connectivity index is 1.77. The number of amides is 1. The largest absolute Gasteiger partial charge is 0.490 e. The number of carbonyl (C=O) groups excluding carboxylic acids is 1. The Morgan fingerprint density at radius 1 is 1.43 bits per heavy atom. The lowest BCUT2D eigenvalue weighted by Crippen LogP contribution is -2.38. The fraction of sp³-hybridized carbons (Fsp3) is 0.375. The van der Waals surface area contributed by atoms with Crippen LogP contribution < -0.4 is 9.64 Å². The van der Waals surface area contributed by atoms with Gasteiger partial charge in [-0.05, 0) is 12.1 Å². The highest BCUT2D eigenvalue weighted by Crippen LogP contribution is 2.31. The van der Waals surface area contributed by atoms with Gasteiger partial charge in [-0.2, -0.15) is 0 Å². The quantitative estimate of drug-likeness (QED) is 0.874. The summed E-state index contributed by atoms with van der Waals surface area (Å²) in [7, 11) is 0. The average molecular weight is 302 g/mol. The number of benzene rings is 1. The summed E-state index contributed by atoms with van der Waals surface area (Å²) in [5.74, 6) is 1.26. The van der Waals surface area contributed by atoms with Crippen LogP contribution in [0.4, 0.5) is 5.69 Å². The van der Waals surface area contributed by atoms with Gasteiger partial charge in [0.1, 0.15) is 12.4 Å². The molecular weight excluding hydrogens is 284 g/mol. The first kappa shape index (κ1) is 14.1.